The summed E-state index contributed by atoms with van der Waals surface area (Å²) in [6.45, 7) is 5.43. The van der Waals surface area contributed by atoms with E-state index in [9.17, 15) is 4.79 Å². The summed E-state index contributed by atoms with van der Waals surface area (Å²) in [6.07, 6.45) is 5.27. The van der Waals surface area contributed by atoms with E-state index in [1.807, 2.05) is 25.2 Å². The van der Waals surface area contributed by atoms with Gasteiger partial charge in [0.1, 0.15) is 0 Å². The average molecular weight is 339 g/mol. The number of rotatable bonds is 3. The van der Waals surface area contributed by atoms with E-state index in [1.165, 1.54) is 38.8 Å². The van der Waals surface area contributed by atoms with E-state index < -0.39 is 0 Å². The van der Waals surface area contributed by atoms with Crippen LogP contribution in [0.5, 0.6) is 0 Å². The standard InChI is InChI=1S/C21H29N3O/c1-23-20-5-3-2-4-18(20)14-19(21(23)25)15-24-12-8-17(9-13-24)16-6-10-22-11-7-16/h2-5,14,16-17,22H,6-13,15H2,1H3. The van der Waals surface area contributed by atoms with Gasteiger partial charge in [0.15, 0.2) is 0 Å². The third-order valence-electron chi connectivity index (χ3n) is 6.28. The SMILES string of the molecule is Cn1c(=O)c(CN2CCC(C3CCNCC3)CC2)cc2ccccc21. The van der Waals surface area contributed by atoms with Crippen molar-refractivity contribution in [1.82, 2.24) is 14.8 Å². The van der Waals surface area contributed by atoms with E-state index in [0.29, 0.717) is 0 Å². The van der Waals surface area contributed by atoms with E-state index >= 15 is 0 Å². The normalized spacial score (nSPS) is 21.0. The third-order valence-corrected chi connectivity index (χ3v) is 6.28. The lowest BCUT2D eigenvalue weighted by Gasteiger charge is -2.37. The molecule has 0 spiro atoms. The zero-order valence-electron chi connectivity index (χ0n) is 15.2. The fourth-order valence-electron chi connectivity index (χ4n) is 4.74. The van der Waals surface area contributed by atoms with E-state index in [1.54, 1.807) is 4.57 Å². The molecule has 0 unspecified atom stereocenters. The van der Waals surface area contributed by atoms with Crippen molar-refractivity contribution in [1.29, 1.82) is 0 Å². The van der Waals surface area contributed by atoms with Gasteiger partial charge in [-0.1, -0.05) is 18.2 Å². The predicted octanol–water partition coefficient (Wildman–Crippen LogP) is 2.75. The first-order valence-electron chi connectivity index (χ1n) is 9.73. The monoisotopic (exact) mass is 339 g/mol. The Kier molecular flexibility index (Phi) is 4.91. The number of hydrogen-bond acceptors (Lipinski definition) is 3. The van der Waals surface area contributed by atoms with Crippen LogP contribution in [0.3, 0.4) is 0 Å². The Labute approximate surface area is 149 Å². The minimum Gasteiger partial charge on any atom is -0.317 e. The van der Waals surface area contributed by atoms with Gasteiger partial charge in [-0.15, -0.1) is 0 Å². The number of benzene rings is 1. The van der Waals surface area contributed by atoms with Gasteiger partial charge in [-0.3, -0.25) is 9.69 Å². The first-order valence-corrected chi connectivity index (χ1v) is 9.73. The topological polar surface area (TPSA) is 37.3 Å². The third kappa shape index (κ3) is 3.51. The van der Waals surface area contributed by atoms with Gasteiger partial charge in [0, 0.05) is 19.2 Å². The Morgan fingerprint density at radius 3 is 2.48 bits per heavy atom. The van der Waals surface area contributed by atoms with E-state index in [-0.39, 0.29) is 5.56 Å². The molecule has 2 saturated heterocycles. The minimum absolute atomic E-state index is 0.152. The van der Waals surface area contributed by atoms with Gasteiger partial charge >= 0.3 is 0 Å². The van der Waals surface area contributed by atoms with Gasteiger partial charge in [0.05, 0.1) is 5.52 Å². The second-order valence-corrected chi connectivity index (χ2v) is 7.79. The number of piperidine rings is 2. The molecule has 25 heavy (non-hydrogen) atoms. The number of likely N-dealkylation sites (tertiary alicyclic amines) is 1. The molecule has 134 valence electrons. The molecule has 0 radical (unpaired) electrons. The Balaban J connectivity index is 1.44. The highest BCUT2D eigenvalue weighted by Crippen LogP contribution is 2.31. The van der Waals surface area contributed by atoms with Crippen LogP contribution in [-0.4, -0.2) is 35.6 Å². The molecule has 4 nitrogen and oxygen atoms in total. The van der Waals surface area contributed by atoms with Crippen LogP contribution in [0.15, 0.2) is 35.1 Å². The lowest BCUT2D eigenvalue weighted by Crippen LogP contribution is -2.40. The average Bonchev–Trinajstić information content (AvgIpc) is 2.67. The largest absolute Gasteiger partial charge is 0.317 e. The quantitative estimate of drug-likeness (QED) is 0.934. The molecule has 2 aromatic rings. The van der Waals surface area contributed by atoms with E-state index in [0.717, 1.165) is 47.9 Å². The Morgan fingerprint density at radius 1 is 1.04 bits per heavy atom. The molecule has 2 aliphatic rings. The second-order valence-electron chi connectivity index (χ2n) is 7.79. The summed E-state index contributed by atoms with van der Waals surface area (Å²) in [5, 5.41) is 4.63. The molecule has 4 heteroatoms. The maximum atomic E-state index is 12.7. The van der Waals surface area contributed by atoms with Crippen molar-refractivity contribution in [3.63, 3.8) is 0 Å². The van der Waals surface area contributed by atoms with Crippen LogP contribution in [-0.2, 0) is 13.6 Å². The van der Waals surface area contributed by atoms with Crippen molar-refractivity contribution in [3.8, 4) is 0 Å². The molecule has 3 heterocycles. The maximum Gasteiger partial charge on any atom is 0.255 e. The summed E-state index contributed by atoms with van der Waals surface area (Å²) in [7, 11) is 1.89. The highest BCUT2D eigenvalue weighted by molar-refractivity contribution is 5.79. The Morgan fingerprint density at radius 2 is 1.72 bits per heavy atom. The van der Waals surface area contributed by atoms with Gasteiger partial charge < -0.3 is 9.88 Å². The molecule has 0 amide bonds. The smallest absolute Gasteiger partial charge is 0.255 e. The minimum atomic E-state index is 0.152. The fraction of sp³-hybridized carbons (Fsp3) is 0.571. The number of nitrogens with one attached hydrogen (secondary N) is 1. The second kappa shape index (κ2) is 7.30. The number of hydrogen-bond donors (Lipinski definition) is 1. The summed E-state index contributed by atoms with van der Waals surface area (Å²) >= 11 is 0. The molecule has 2 aliphatic heterocycles. The highest BCUT2D eigenvalue weighted by Gasteiger charge is 2.27. The van der Waals surface area contributed by atoms with Crippen molar-refractivity contribution in [2.75, 3.05) is 26.2 Å². The Hall–Kier alpha value is -1.65. The summed E-state index contributed by atoms with van der Waals surface area (Å²) in [6, 6.07) is 10.2. The van der Waals surface area contributed by atoms with Crippen molar-refractivity contribution in [2.24, 2.45) is 18.9 Å². The van der Waals surface area contributed by atoms with Crippen molar-refractivity contribution < 1.29 is 0 Å². The van der Waals surface area contributed by atoms with Gasteiger partial charge in [0.25, 0.3) is 5.56 Å². The van der Waals surface area contributed by atoms with Crippen molar-refractivity contribution in [2.45, 2.75) is 32.2 Å². The number of pyridine rings is 1. The first kappa shape index (κ1) is 16.8. The van der Waals surface area contributed by atoms with Crippen LogP contribution >= 0.6 is 0 Å². The van der Waals surface area contributed by atoms with Crippen molar-refractivity contribution in [3.05, 3.63) is 46.2 Å². The highest BCUT2D eigenvalue weighted by atomic mass is 16.1. The predicted molar refractivity (Wildman–Crippen MR) is 103 cm³/mol. The summed E-state index contributed by atoms with van der Waals surface area (Å²) in [4.78, 5) is 15.2. The number of aromatic nitrogens is 1. The lowest BCUT2D eigenvalue weighted by atomic mass is 9.79. The molecule has 0 aliphatic carbocycles. The first-order chi connectivity index (χ1) is 12.2. The van der Waals surface area contributed by atoms with Crippen LogP contribution in [0.25, 0.3) is 10.9 Å². The molecular formula is C21H29N3O. The van der Waals surface area contributed by atoms with Crippen LogP contribution < -0.4 is 10.9 Å². The number of aryl methyl sites for hydroxylation is 1. The lowest BCUT2D eigenvalue weighted by molar-refractivity contribution is 0.125. The molecule has 1 aromatic heterocycles. The number of nitrogens with zero attached hydrogens (tertiary/aromatic N) is 2. The summed E-state index contributed by atoms with van der Waals surface area (Å²) in [5.74, 6) is 1.80. The molecule has 0 bridgehead atoms. The molecule has 0 saturated carbocycles. The maximum absolute atomic E-state index is 12.7. The van der Waals surface area contributed by atoms with Gasteiger partial charge in [-0.05, 0) is 81.2 Å². The van der Waals surface area contributed by atoms with E-state index in [2.05, 4.69) is 22.3 Å². The summed E-state index contributed by atoms with van der Waals surface area (Å²) < 4.78 is 1.80. The van der Waals surface area contributed by atoms with Gasteiger partial charge in [-0.2, -0.15) is 0 Å². The van der Waals surface area contributed by atoms with Crippen LogP contribution in [0.2, 0.25) is 0 Å². The molecule has 1 aromatic carbocycles. The zero-order valence-corrected chi connectivity index (χ0v) is 15.2. The van der Waals surface area contributed by atoms with Gasteiger partial charge in [-0.25, -0.2) is 0 Å². The van der Waals surface area contributed by atoms with Crippen LogP contribution in [0, 0.1) is 11.8 Å². The summed E-state index contributed by atoms with van der Waals surface area (Å²) in [5.41, 5.74) is 2.10. The molecule has 1 N–H and O–H groups in total. The van der Waals surface area contributed by atoms with Crippen LogP contribution in [0.4, 0.5) is 0 Å². The number of para-hydroxylation sites is 1. The van der Waals surface area contributed by atoms with Crippen molar-refractivity contribution >= 4 is 10.9 Å². The molecular weight excluding hydrogens is 310 g/mol. The number of fused-ring (bicyclic) bond motifs is 1. The van der Waals surface area contributed by atoms with Gasteiger partial charge in [0.2, 0.25) is 0 Å². The molecule has 0 atom stereocenters. The van der Waals surface area contributed by atoms with E-state index in [4.69, 9.17) is 0 Å². The molecule has 4 rings (SSSR count). The Bertz CT molecular complexity index is 783. The molecule has 2 fully saturated rings. The fourth-order valence-corrected chi connectivity index (χ4v) is 4.74. The zero-order chi connectivity index (χ0) is 17.2. The van der Waals surface area contributed by atoms with Crippen LogP contribution in [0.1, 0.15) is 31.2 Å².